The Bertz CT molecular complexity index is 1160. The molecule has 4 rings (SSSR count). The van der Waals surface area contributed by atoms with Crippen LogP contribution >= 0.6 is 0 Å². The minimum atomic E-state index is -0.574. The molecule has 7 heteroatoms. The molecular weight excluding hydrogens is 388 g/mol. The number of rotatable bonds is 5. The lowest BCUT2D eigenvalue weighted by Gasteiger charge is -2.12. The van der Waals surface area contributed by atoms with Gasteiger partial charge in [0, 0.05) is 11.6 Å². The van der Waals surface area contributed by atoms with E-state index in [4.69, 9.17) is 23.4 Å². The third-order valence-electron chi connectivity index (χ3n) is 4.68. The van der Waals surface area contributed by atoms with Gasteiger partial charge >= 0.3 is 5.97 Å². The van der Waals surface area contributed by atoms with E-state index in [-0.39, 0.29) is 11.5 Å². The van der Waals surface area contributed by atoms with Gasteiger partial charge in [-0.2, -0.15) is 0 Å². The molecule has 7 nitrogen and oxygen atoms in total. The molecule has 0 N–H and O–H groups in total. The van der Waals surface area contributed by atoms with Crippen molar-refractivity contribution in [1.29, 1.82) is 0 Å². The molecule has 0 saturated heterocycles. The number of fused-ring (bicyclic) bond motifs is 1. The van der Waals surface area contributed by atoms with Crippen LogP contribution in [0.2, 0.25) is 0 Å². The molecule has 0 spiro atoms. The summed E-state index contributed by atoms with van der Waals surface area (Å²) >= 11 is 0. The summed E-state index contributed by atoms with van der Waals surface area (Å²) in [7, 11) is 3.00. The van der Waals surface area contributed by atoms with E-state index < -0.39 is 5.97 Å². The first-order valence-corrected chi connectivity index (χ1v) is 9.07. The number of carbonyl (C=O) groups is 2. The molecule has 0 amide bonds. The fourth-order valence-electron chi connectivity index (χ4n) is 3.10. The van der Waals surface area contributed by atoms with Crippen molar-refractivity contribution in [1.82, 2.24) is 0 Å². The first-order chi connectivity index (χ1) is 14.5. The maximum Gasteiger partial charge on any atom is 0.343 e. The second-order valence-corrected chi connectivity index (χ2v) is 6.48. The molecule has 0 radical (unpaired) electrons. The Hall–Kier alpha value is -4.00. The second kappa shape index (κ2) is 7.79. The maximum atomic E-state index is 12.6. The molecule has 0 bridgehead atoms. The summed E-state index contributed by atoms with van der Waals surface area (Å²) in [4.78, 5) is 25.2. The van der Waals surface area contributed by atoms with Gasteiger partial charge in [-0.1, -0.05) is 0 Å². The summed E-state index contributed by atoms with van der Waals surface area (Å²) in [5, 5.41) is 0. The number of Topliss-reactive ketones (excluding diaryl/α,β-unsaturated/α-hetero) is 1. The molecule has 0 aliphatic carbocycles. The Morgan fingerprint density at radius 3 is 2.47 bits per heavy atom. The van der Waals surface area contributed by atoms with Crippen molar-refractivity contribution in [3.05, 3.63) is 76.9 Å². The topological polar surface area (TPSA) is 84.2 Å². The van der Waals surface area contributed by atoms with E-state index >= 15 is 0 Å². The molecule has 30 heavy (non-hydrogen) atoms. The van der Waals surface area contributed by atoms with Crippen LogP contribution in [0.1, 0.15) is 32.0 Å². The first kappa shape index (κ1) is 19.3. The van der Waals surface area contributed by atoms with Crippen LogP contribution in [0.3, 0.4) is 0 Å². The number of benzene rings is 2. The largest absolute Gasteiger partial charge is 0.493 e. The lowest BCUT2D eigenvalue weighted by atomic mass is 10.1. The SMILES string of the molecule is COc1ccc(C(=O)Oc2ccc3c(c2C)O/C(=C\c2ccco2)C3=O)cc1OC. The number of carbonyl (C=O) groups excluding carboxylic acids is 2. The number of allylic oxidation sites excluding steroid dienone is 1. The lowest BCUT2D eigenvalue weighted by molar-refractivity contribution is 0.0732. The summed E-state index contributed by atoms with van der Waals surface area (Å²) in [6.45, 7) is 1.72. The van der Waals surface area contributed by atoms with E-state index in [9.17, 15) is 9.59 Å². The third kappa shape index (κ3) is 3.41. The van der Waals surface area contributed by atoms with Crippen molar-refractivity contribution in [2.24, 2.45) is 0 Å². The molecular formula is C23H18O7. The zero-order valence-corrected chi connectivity index (χ0v) is 16.6. The van der Waals surface area contributed by atoms with Crippen LogP contribution in [-0.4, -0.2) is 26.0 Å². The van der Waals surface area contributed by atoms with Crippen molar-refractivity contribution in [3.8, 4) is 23.0 Å². The summed E-state index contributed by atoms with van der Waals surface area (Å²) in [5.41, 5.74) is 1.23. The first-order valence-electron chi connectivity index (χ1n) is 9.07. The van der Waals surface area contributed by atoms with E-state index in [2.05, 4.69) is 0 Å². The van der Waals surface area contributed by atoms with Gasteiger partial charge in [-0.05, 0) is 49.4 Å². The monoisotopic (exact) mass is 406 g/mol. The van der Waals surface area contributed by atoms with Crippen molar-refractivity contribution in [3.63, 3.8) is 0 Å². The van der Waals surface area contributed by atoms with Crippen LogP contribution in [0.25, 0.3) is 6.08 Å². The highest BCUT2D eigenvalue weighted by Crippen LogP contribution is 2.39. The Kier molecular flexibility index (Phi) is 5.02. The van der Waals surface area contributed by atoms with Crippen LogP contribution in [-0.2, 0) is 0 Å². The van der Waals surface area contributed by atoms with Crippen molar-refractivity contribution >= 4 is 17.8 Å². The van der Waals surface area contributed by atoms with E-state index in [0.29, 0.717) is 45.4 Å². The number of ether oxygens (including phenoxy) is 4. The Labute approximate surface area is 172 Å². The van der Waals surface area contributed by atoms with Gasteiger partial charge in [0.25, 0.3) is 0 Å². The van der Waals surface area contributed by atoms with E-state index in [1.807, 2.05) is 0 Å². The minimum absolute atomic E-state index is 0.145. The fraction of sp³-hybridized carbons (Fsp3) is 0.130. The van der Waals surface area contributed by atoms with Crippen molar-refractivity contribution in [2.45, 2.75) is 6.92 Å². The zero-order valence-electron chi connectivity index (χ0n) is 16.6. The zero-order chi connectivity index (χ0) is 21.3. The molecule has 0 fully saturated rings. The number of methoxy groups -OCH3 is 2. The number of ketones is 1. The van der Waals surface area contributed by atoms with E-state index in [0.717, 1.165) is 0 Å². The Morgan fingerprint density at radius 2 is 1.77 bits per heavy atom. The molecule has 1 aliphatic rings. The number of hydrogen-bond donors (Lipinski definition) is 0. The Balaban J connectivity index is 1.60. The lowest BCUT2D eigenvalue weighted by Crippen LogP contribution is -2.10. The minimum Gasteiger partial charge on any atom is -0.493 e. The van der Waals surface area contributed by atoms with E-state index in [1.54, 1.807) is 43.3 Å². The normalized spacial score (nSPS) is 13.7. The summed E-state index contributed by atoms with van der Waals surface area (Å²) in [5.74, 6) is 1.38. The van der Waals surface area contributed by atoms with Crippen LogP contribution in [0.15, 0.2) is 58.9 Å². The molecule has 0 saturated carbocycles. The van der Waals surface area contributed by atoms with Gasteiger partial charge < -0.3 is 23.4 Å². The summed E-state index contributed by atoms with van der Waals surface area (Å²) in [6, 6.07) is 11.3. The number of furan rings is 1. The molecule has 0 atom stereocenters. The molecule has 1 aromatic heterocycles. The standard InChI is InChI=1S/C23H18O7/c1-13-17(30-23(25)14-6-8-18(26-2)19(11-14)27-3)9-7-16-21(24)20(29-22(13)16)12-15-5-4-10-28-15/h4-12H,1-3H3/b20-12-. The highest BCUT2D eigenvalue weighted by Gasteiger charge is 2.31. The predicted octanol–water partition coefficient (Wildman–Crippen LogP) is 4.44. The van der Waals surface area contributed by atoms with Gasteiger partial charge in [0.2, 0.25) is 5.78 Å². The summed E-state index contributed by atoms with van der Waals surface area (Å²) < 4.78 is 26.9. The average Bonchev–Trinajstić information content (AvgIpc) is 3.38. The predicted molar refractivity (Wildman–Crippen MR) is 107 cm³/mol. The van der Waals surface area contributed by atoms with Crippen LogP contribution in [0.4, 0.5) is 0 Å². The van der Waals surface area contributed by atoms with Gasteiger partial charge in [-0.15, -0.1) is 0 Å². The van der Waals surface area contributed by atoms with Crippen molar-refractivity contribution in [2.75, 3.05) is 14.2 Å². The molecule has 152 valence electrons. The van der Waals surface area contributed by atoms with Gasteiger partial charge in [0.05, 0.1) is 31.6 Å². The quantitative estimate of drug-likeness (QED) is 0.352. The van der Waals surface area contributed by atoms with Gasteiger partial charge in [-0.25, -0.2) is 4.79 Å². The highest BCUT2D eigenvalue weighted by molar-refractivity contribution is 6.14. The number of hydrogen-bond acceptors (Lipinski definition) is 7. The third-order valence-corrected chi connectivity index (χ3v) is 4.68. The van der Waals surface area contributed by atoms with Crippen molar-refractivity contribution < 1.29 is 33.0 Å². The van der Waals surface area contributed by atoms with Gasteiger partial charge in [-0.3, -0.25) is 4.79 Å². The molecule has 2 heterocycles. The van der Waals surface area contributed by atoms with E-state index in [1.165, 1.54) is 32.6 Å². The molecule has 1 aliphatic heterocycles. The molecule has 3 aromatic rings. The van der Waals surface area contributed by atoms with Crippen LogP contribution < -0.4 is 18.9 Å². The van der Waals surface area contributed by atoms with Gasteiger partial charge in [0.1, 0.15) is 17.3 Å². The Morgan fingerprint density at radius 1 is 1.00 bits per heavy atom. The fourth-order valence-corrected chi connectivity index (χ4v) is 3.10. The number of esters is 1. The summed E-state index contributed by atoms with van der Waals surface area (Å²) in [6.07, 6.45) is 3.03. The molecule has 0 unspecified atom stereocenters. The maximum absolute atomic E-state index is 12.6. The average molecular weight is 406 g/mol. The van der Waals surface area contributed by atoms with Crippen LogP contribution in [0.5, 0.6) is 23.0 Å². The van der Waals surface area contributed by atoms with Crippen LogP contribution in [0, 0.1) is 6.92 Å². The smallest absolute Gasteiger partial charge is 0.343 e. The molecule has 2 aromatic carbocycles. The second-order valence-electron chi connectivity index (χ2n) is 6.48. The highest BCUT2D eigenvalue weighted by atomic mass is 16.5. The van der Waals surface area contributed by atoms with Gasteiger partial charge in [0.15, 0.2) is 17.3 Å².